The maximum absolute atomic E-state index is 13.0. The number of primary amides is 1. The first-order valence-electron chi connectivity index (χ1n) is 8.95. The zero-order valence-corrected chi connectivity index (χ0v) is 14.7. The highest BCUT2D eigenvalue weighted by molar-refractivity contribution is 5.95. The molecule has 1 fully saturated rings. The largest absolute Gasteiger partial charge is 0.366 e. The summed E-state index contributed by atoms with van der Waals surface area (Å²) < 4.78 is 0. The summed E-state index contributed by atoms with van der Waals surface area (Å²) in [6.07, 6.45) is 9.68. The topological polar surface area (TPSA) is 76.3 Å². The van der Waals surface area contributed by atoms with Gasteiger partial charge in [-0.15, -0.1) is 0 Å². The number of carbonyl (C=O) groups excluding carboxylic acids is 2. The van der Waals surface area contributed by atoms with Crippen LogP contribution in [0.25, 0.3) is 6.08 Å². The molecule has 5 heteroatoms. The van der Waals surface area contributed by atoms with E-state index in [9.17, 15) is 9.59 Å². The van der Waals surface area contributed by atoms with Crippen LogP contribution in [0, 0.1) is 0 Å². The second kappa shape index (κ2) is 8.43. The number of carbonyl (C=O) groups is 2. The predicted octanol–water partition coefficient (Wildman–Crippen LogP) is 3.28. The average Bonchev–Trinajstić information content (AvgIpc) is 2.92. The number of pyridine rings is 1. The van der Waals surface area contributed by atoms with Gasteiger partial charge in [-0.2, -0.15) is 0 Å². The molecule has 134 valence electrons. The number of hydrogen-bond acceptors (Lipinski definition) is 3. The molecule has 2 N–H and O–H groups in total. The molecule has 0 bridgehead atoms. The summed E-state index contributed by atoms with van der Waals surface area (Å²) in [4.78, 5) is 30.2. The van der Waals surface area contributed by atoms with Crippen LogP contribution in [0.15, 0.2) is 54.7 Å². The minimum absolute atomic E-state index is 0.0443. The molecule has 1 aliphatic heterocycles. The lowest BCUT2D eigenvalue weighted by Gasteiger charge is -2.27. The number of amides is 2. The average molecular weight is 349 g/mol. The first-order valence-corrected chi connectivity index (χ1v) is 8.95. The van der Waals surface area contributed by atoms with Crippen molar-refractivity contribution >= 4 is 17.9 Å². The van der Waals surface area contributed by atoms with Crippen LogP contribution >= 0.6 is 0 Å². The maximum Gasteiger partial charge on any atom is 0.272 e. The fourth-order valence-corrected chi connectivity index (χ4v) is 3.19. The van der Waals surface area contributed by atoms with Crippen molar-refractivity contribution in [1.82, 2.24) is 9.88 Å². The van der Waals surface area contributed by atoms with Gasteiger partial charge in [0.15, 0.2) is 0 Å². The van der Waals surface area contributed by atoms with E-state index in [1.54, 1.807) is 12.1 Å². The molecule has 0 aliphatic carbocycles. The van der Waals surface area contributed by atoms with Gasteiger partial charge < -0.3 is 10.6 Å². The van der Waals surface area contributed by atoms with Crippen LogP contribution in [0.4, 0.5) is 0 Å². The van der Waals surface area contributed by atoms with E-state index in [4.69, 9.17) is 5.73 Å². The monoisotopic (exact) mass is 349 g/mol. The first-order chi connectivity index (χ1) is 12.6. The molecule has 2 amide bonds. The van der Waals surface area contributed by atoms with Crippen molar-refractivity contribution < 1.29 is 9.59 Å². The standard InChI is InChI=1S/C21H23N3O2/c22-20(25)17-11-13-19(23-15-17)21(26)24-14-6-2-5-9-18(24)12-10-16-7-3-1-4-8-16/h1,3-4,7-8,10-13,15,18H,2,5-6,9,14H2,(H2,22,25)/b12-10+/t18-/m0/s1. The second-order valence-corrected chi connectivity index (χ2v) is 6.48. The Bertz CT molecular complexity index is 785. The first kappa shape index (κ1) is 17.9. The lowest BCUT2D eigenvalue weighted by atomic mass is 10.1. The van der Waals surface area contributed by atoms with Crippen LogP contribution in [-0.2, 0) is 0 Å². The zero-order chi connectivity index (χ0) is 18.4. The minimum atomic E-state index is -0.546. The number of hydrogen-bond donors (Lipinski definition) is 1. The number of rotatable bonds is 4. The molecule has 0 spiro atoms. The molecular weight excluding hydrogens is 326 g/mol. The van der Waals surface area contributed by atoms with Gasteiger partial charge in [-0.3, -0.25) is 14.6 Å². The molecular formula is C21H23N3O2. The van der Waals surface area contributed by atoms with Gasteiger partial charge in [-0.25, -0.2) is 0 Å². The van der Waals surface area contributed by atoms with Crippen molar-refractivity contribution in [3.8, 4) is 0 Å². The van der Waals surface area contributed by atoms with Crippen LogP contribution in [0.3, 0.4) is 0 Å². The van der Waals surface area contributed by atoms with Crippen molar-refractivity contribution in [2.24, 2.45) is 5.73 Å². The number of likely N-dealkylation sites (tertiary alicyclic amines) is 1. The van der Waals surface area contributed by atoms with Crippen LogP contribution in [-0.4, -0.2) is 34.3 Å². The number of nitrogens with two attached hydrogens (primary N) is 1. The molecule has 1 saturated heterocycles. The summed E-state index contributed by atoms with van der Waals surface area (Å²) in [7, 11) is 0. The van der Waals surface area contributed by atoms with E-state index in [0.717, 1.165) is 31.2 Å². The Hall–Kier alpha value is -2.95. The van der Waals surface area contributed by atoms with Gasteiger partial charge in [0.2, 0.25) is 5.91 Å². The summed E-state index contributed by atoms with van der Waals surface area (Å²) in [5, 5.41) is 0. The quantitative estimate of drug-likeness (QED) is 0.920. The normalized spacial score (nSPS) is 17.8. The number of aromatic nitrogens is 1. The van der Waals surface area contributed by atoms with Crippen LogP contribution in [0.5, 0.6) is 0 Å². The molecule has 0 unspecified atom stereocenters. The maximum atomic E-state index is 13.0. The van der Waals surface area contributed by atoms with Gasteiger partial charge in [0.25, 0.3) is 5.91 Å². The van der Waals surface area contributed by atoms with Crippen molar-refractivity contribution in [2.75, 3.05) is 6.54 Å². The lowest BCUT2D eigenvalue weighted by Crippen LogP contribution is -2.39. The molecule has 5 nitrogen and oxygen atoms in total. The molecule has 1 aromatic carbocycles. The Morgan fingerprint density at radius 1 is 1.08 bits per heavy atom. The molecule has 1 aliphatic rings. The molecule has 26 heavy (non-hydrogen) atoms. The number of benzene rings is 1. The van der Waals surface area contributed by atoms with Gasteiger partial charge in [0.05, 0.1) is 11.6 Å². The molecule has 2 heterocycles. The van der Waals surface area contributed by atoms with E-state index in [0.29, 0.717) is 17.8 Å². The fraction of sp³-hybridized carbons (Fsp3) is 0.286. The third-order valence-corrected chi connectivity index (χ3v) is 4.64. The van der Waals surface area contributed by atoms with Crippen molar-refractivity contribution in [1.29, 1.82) is 0 Å². The van der Waals surface area contributed by atoms with Crippen LogP contribution < -0.4 is 5.73 Å². The summed E-state index contributed by atoms with van der Waals surface area (Å²) in [5.41, 5.74) is 7.00. The smallest absolute Gasteiger partial charge is 0.272 e. The van der Waals surface area contributed by atoms with Gasteiger partial charge >= 0.3 is 0 Å². The second-order valence-electron chi connectivity index (χ2n) is 6.48. The van der Waals surface area contributed by atoms with E-state index in [1.165, 1.54) is 6.20 Å². The van der Waals surface area contributed by atoms with E-state index in [2.05, 4.69) is 17.1 Å². The van der Waals surface area contributed by atoms with E-state index >= 15 is 0 Å². The molecule has 1 aromatic heterocycles. The Kier molecular flexibility index (Phi) is 5.79. The Labute approximate surface area is 153 Å². The van der Waals surface area contributed by atoms with E-state index in [-0.39, 0.29) is 11.9 Å². The third-order valence-electron chi connectivity index (χ3n) is 4.64. The Morgan fingerprint density at radius 3 is 2.58 bits per heavy atom. The zero-order valence-electron chi connectivity index (χ0n) is 14.7. The highest BCUT2D eigenvalue weighted by Crippen LogP contribution is 2.21. The lowest BCUT2D eigenvalue weighted by molar-refractivity contribution is 0.0712. The summed E-state index contributed by atoms with van der Waals surface area (Å²) in [6, 6.07) is 13.2. The van der Waals surface area contributed by atoms with Crippen LogP contribution in [0.1, 0.15) is 52.1 Å². The minimum Gasteiger partial charge on any atom is -0.366 e. The fourth-order valence-electron chi connectivity index (χ4n) is 3.19. The van der Waals surface area contributed by atoms with Gasteiger partial charge in [-0.05, 0) is 30.5 Å². The van der Waals surface area contributed by atoms with Crippen molar-refractivity contribution in [3.63, 3.8) is 0 Å². The molecule has 1 atom stereocenters. The van der Waals surface area contributed by atoms with Gasteiger partial charge in [0, 0.05) is 12.7 Å². The SMILES string of the molecule is NC(=O)c1ccc(C(=O)N2CCCCC[C@H]2/C=C/c2ccccc2)nc1. The van der Waals surface area contributed by atoms with Crippen molar-refractivity contribution in [2.45, 2.75) is 31.7 Å². The predicted molar refractivity (Wildman–Crippen MR) is 102 cm³/mol. The van der Waals surface area contributed by atoms with Gasteiger partial charge in [0.1, 0.15) is 5.69 Å². The van der Waals surface area contributed by atoms with Gasteiger partial charge in [-0.1, -0.05) is 55.3 Å². The van der Waals surface area contributed by atoms with E-state index in [1.807, 2.05) is 35.2 Å². The van der Waals surface area contributed by atoms with E-state index < -0.39 is 5.91 Å². The Balaban J connectivity index is 1.80. The molecule has 2 aromatic rings. The highest BCUT2D eigenvalue weighted by Gasteiger charge is 2.25. The highest BCUT2D eigenvalue weighted by atomic mass is 16.2. The molecule has 0 saturated carbocycles. The summed E-state index contributed by atoms with van der Waals surface area (Å²) in [5.74, 6) is -0.652. The summed E-state index contributed by atoms with van der Waals surface area (Å²) in [6.45, 7) is 0.710. The van der Waals surface area contributed by atoms with Crippen molar-refractivity contribution in [3.05, 3.63) is 71.6 Å². The number of nitrogens with zero attached hydrogens (tertiary/aromatic N) is 2. The summed E-state index contributed by atoms with van der Waals surface area (Å²) >= 11 is 0. The molecule has 0 radical (unpaired) electrons. The molecule has 3 rings (SSSR count). The Morgan fingerprint density at radius 2 is 1.88 bits per heavy atom. The third kappa shape index (κ3) is 4.36. The van der Waals surface area contributed by atoms with Crippen LogP contribution in [0.2, 0.25) is 0 Å².